The molecule has 0 aromatic heterocycles. The predicted octanol–water partition coefficient (Wildman–Crippen LogP) is 1.48. The number of nitrogens with one attached hydrogen (secondary N) is 1. The lowest BCUT2D eigenvalue weighted by Gasteiger charge is -2.12. The van der Waals surface area contributed by atoms with E-state index in [1.807, 2.05) is 0 Å². The van der Waals surface area contributed by atoms with Crippen LogP contribution >= 0.6 is 0 Å². The van der Waals surface area contributed by atoms with Crippen LogP contribution in [0.1, 0.15) is 0 Å². The number of methoxy groups -OCH3 is 2. The molecule has 0 heterocycles. The molecule has 0 aliphatic rings. The number of hydrogen-bond acceptors (Lipinski definition) is 5. The zero-order chi connectivity index (χ0) is 15.4. The molecule has 1 aromatic rings. The highest BCUT2D eigenvalue weighted by Gasteiger charge is 2.29. The smallest absolute Gasteiger partial charge is 0.413 e. The molecule has 0 spiro atoms. The maximum absolute atomic E-state index is 11.9. The third kappa shape index (κ3) is 4.54. The molecule has 0 saturated heterocycles. The number of rotatable bonds is 6. The van der Waals surface area contributed by atoms with Gasteiger partial charge >= 0.3 is 6.18 Å². The molecule has 1 rings (SSSR count). The lowest BCUT2D eigenvalue weighted by atomic mass is 10.3. The average Bonchev–Trinajstić information content (AvgIpc) is 2.36. The molecule has 0 bridgehead atoms. The highest BCUT2D eigenvalue weighted by atomic mass is 32.2. The number of ether oxygens (including phenoxy) is 2. The molecule has 0 aliphatic heterocycles. The van der Waals surface area contributed by atoms with E-state index < -0.39 is 22.8 Å². The lowest BCUT2D eigenvalue weighted by Crippen LogP contribution is -2.29. The van der Waals surface area contributed by atoms with Crippen LogP contribution in [0.4, 0.5) is 13.2 Å². The van der Waals surface area contributed by atoms with Gasteiger partial charge in [0.1, 0.15) is 16.4 Å². The SMILES string of the molecule is COc1ccc(S(=O)(=O)NOCC(F)(F)F)c(OC)c1. The molecule has 0 atom stereocenters. The molecular formula is C10H12F3NO5S. The Labute approximate surface area is 113 Å². The first-order chi connectivity index (χ1) is 9.19. The van der Waals surface area contributed by atoms with Gasteiger partial charge < -0.3 is 9.47 Å². The van der Waals surface area contributed by atoms with E-state index in [4.69, 9.17) is 9.47 Å². The monoisotopic (exact) mass is 315 g/mol. The van der Waals surface area contributed by atoms with Crippen LogP contribution in [-0.2, 0) is 14.9 Å². The van der Waals surface area contributed by atoms with Gasteiger partial charge in [-0.1, -0.05) is 4.89 Å². The first-order valence-corrected chi connectivity index (χ1v) is 6.60. The van der Waals surface area contributed by atoms with Crippen LogP contribution in [0.15, 0.2) is 23.1 Å². The number of hydrogen-bond donors (Lipinski definition) is 1. The largest absolute Gasteiger partial charge is 0.497 e. The Hall–Kier alpha value is -1.52. The van der Waals surface area contributed by atoms with Gasteiger partial charge in [0.05, 0.1) is 14.2 Å². The van der Waals surface area contributed by atoms with Gasteiger partial charge in [-0.25, -0.2) is 8.42 Å². The average molecular weight is 315 g/mol. The summed E-state index contributed by atoms with van der Waals surface area (Å²) >= 11 is 0. The zero-order valence-corrected chi connectivity index (χ0v) is 11.3. The molecule has 10 heteroatoms. The van der Waals surface area contributed by atoms with Crippen LogP contribution in [0.5, 0.6) is 11.5 Å². The van der Waals surface area contributed by atoms with Crippen molar-refractivity contribution in [2.75, 3.05) is 20.8 Å². The van der Waals surface area contributed by atoms with Crippen LogP contribution in [0.2, 0.25) is 0 Å². The second kappa shape index (κ2) is 6.29. The minimum Gasteiger partial charge on any atom is -0.497 e. The van der Waals surface area contributed by atoms with E-state index in [1.165, 1.54) is 31.2 Å². The van der Waals surface area contributed by atoms with Crippen molar-refractivity contribution in [3.05, 3.63) is 18.2 Å². The summed E-state index contributed by atoms with van der Waals surface area (Å²) in [6, 6.07) is 3.72. The maximum Gasteiger partial charge on any atom is 0.413 e. The highest BCUT2D eigenvalue weighted by Crippen LogP contribution is 2.28. The van der Waals surface area contributed by atoms with Crippen molar-refractivity contribution in [1.82, 2.24) is 4.89 Å². The third-order valence-electron chi connectivity index (χ3n) is 2.06. The quantitative estimate of drug-likeness (QED) is 0.805. The number of sulfonamides is 1. The van der Waals surface area contributed by atoms with Gasteiger partial charge in [-0.15, -0.1) is 0 Å². The Kier molecular flexibility index (Phi) is 5.20. The minimum absolute atomic E-state index is 0.0903. The van der Waals surface area contributed by atoms with Crippen molar-refractivity contribution >= 4 is 10.0 Å². The van der Waals surface area contributed by atoms with Crippen molar-refractivity contribution in [2.24, 2.45) is 0 Å². The maximum atomic E-state index is 11.9. The summed E-state index contributed by atoms with van der Waals surface area (Å²) in [6.45, 7) is -1.75. The molecule has 1 aromatic carbocycles. The number of alkyl halides is 3. The topological polar surface area (TPSA) is 73.9 Å². The Balaban J connectivity index is 2.92. The Morgan fingerprint density at radius 2 is 1.85 bits per heavy atom. The molecule has 0 radical (unpaired) electrons. The van der Waals surface area contributed by atoms with Crippen molar-refractivity contribution in [3.8, 4) is 11.5 Å². The first-order valence-electron chi connectivity index (χ1n) is 5.12. The molecule has 1 N–H and O–H groups in total. The van der Waals surface area contributed by atoms with Crippen molar-refractivity contribution < 1.29 is 35.9 Å². The fourth-order valence-electron chi connectivity index (χ4n) is 1.23. The van der Waals surface area contributed by atoms with E-state index in [0.717, 1.165) is 6.07 Å². The van der Waals surface area contributed by atoms with Crippen LogP contribution < -0.4 is 14.4 Å². The summed E-state index contributed by atoms with van der Waals surface area (Å²) in [6.07, 6.45) is -4.65. The van der Waals surface area contributed by atoms with Crippen molar-refractivity contribution in [1.29, 1.82) is 0 Å². The Bertz CT molecular complexity index is 559. The van der Waals surface area contributed by atoms with E-state index >= 15 is 0 Å². The fraction of sp³-hybridized carbons (Fsp3) is 0.400. The van der Waals surface area contributed by atoms with Crippen LogP contribution in [-0.4, -0.2) is 35.4 Å². The minimum atomic E-state index is -4.65. The molecule has 20 heavy (non-hydrogen) atoms. The summed E-state index contributed by atoms with van der Waals surface area (Å²) in [5, 5.41) is 0. The summed E-state index contributed by atoms with van der Waals surface area (Å²) in [5.74, 6) is 0.240. The Morgan fingerprint density at radius 1 is 1.20 bits per heavy atom. The highest BCUT2D eigenvalue weighted by molar-refractivity contribution is 7.89. The van der Waals surface area contributed by atoms with Crippen LogP contribution in [0, 0.1) is 0 Å². The summed E-state index contributed by atoms with van der Waals surface area (Å²) in [7, 11) is -1.72. The van der Waals surface area contributed by atoms with Crippen molar-refractivity contribution in [2.45, 2.75) is 11.1 Å². The molecule has 0 aliphatic carbocycles. The zero-order valence-electron chi connectivity index (χ0n) is 10.5. The third-order valence-corrected chi connectivity index (χ3v) is 3.32. The van der Waals surface area contributed by atoms with E-state index in [9.17, 15) is 21.6 Å². The summed E-state index contributed by atoms with van der Waals surface area (Å²) < 4.78 is 68.9. The fourth-order valence-corrected chi connectivity index (χ4v) is 2.19. The normalized spacial score (nSPS) is 12.2. The molecule has 114 valence electrons. The van der Waals surface area contributed by atoms with Gasteiger partial charge in [-0.2, -0.15) is 13.2 Å². The van der Waals surface area contributed by atoms with Crippen LogP contribution in [0.25, 0.3) is 0 Å². The van der Waals surface area contributed by atoms with Crippen molar-refractivity contribution in [3.63, 3.8) is 0 Å². The van der Waals surface area contributed by atoms with Gasteiger partial charge in [0.2, 0.25) is 0 Å². The van der Waals surface area contributed by atoms with E-state index in [0.29, 0.717) is 5.75 Å². The molecule has 0 fully saturated rings. The predicted molar refractivity (Wildman–Crippen MR) is 61.9 cm³/mol. The van der Waals surface area contributed by atoms with Gasteiger partial charge in [0.15, 0.2) is 6.61 Å². The standard InChI is InChI=1S/C10H12F3NO5S/c1-17-7-3-4-9(8(5-7)18-2)20(15,16)14-19-6-10(11,12)13/h3-5,14H,6H2,1-2H3. The van der Waals surface area contributed by atoms with E-state index in [1.54, 1.807) is 0 Å². The van der Waals surface area contributed by atoms with Gasteiger partial charge in [0.25, 0.3) is 10.0 Å². The van der Waals surface area contributed by atoms with E-state index in [-0.39, 0.29) is 10.6 Å². The number of halogens is 3. The summed E-state index contributed by atoms with van der Waals surface area (Å²) in [5.41, 5.74) is 0. The van der Waals surface area contributed by atoms with Gasteiger partial charge in [-0.3, -0.25) is 4.84 Å². The summed E-state index contributed by atoms with van der Waals surface area (Å²) in [4.78, 5) is 4.93. The molecule has 0 amide bonds. The molecule has 0 unspecified atom stereocenters. The second-order valence-electron chi connectivity index (χ2n) is 3.51. The molecule has 6 nitrogen and oxygen atoms in total. The van der Waals surface area contributed by atoms with Crippen LogP contribution in [0.3, 0.4) is 0 Å². The molecule has 0 saturated carbocycles. The van der Waals surface area contributed by atoms with E-state index in [2.05, 4.69) is 4.84 Å². The lowest BCUT2D eigenvalue weighted by molar-refractivity contribution is -0.181. The second-order valence-corrected chi connectivity index (χ2v) is 5.12. The number of benzene rings is 1. The van der Waals surface area contributed by atoms with Gasteiger partial charge in [-0.05, 0) is 12.1 Å². The van der Waals surface area contributed by atoms with Gasteiger partial charge in [0, 0.05) is 6.07 Å². The molecular weight excluding hydrogens is 303 g/mol. The first kappa shape index (κ1) is 16.5. The Morgan fingerprint density at radius 3 is 2.35 bits per heavy atom.